The molecule has 4 heteroatoms. The summed E-state index contributed by atoms with van der Waals surface area (Å²) >= 11 is 0. The lowest BCUT2D eigenvalue weighted by molar-refractivity contribution is 0.497. The summed E-state index contributed by atoms with van der Waals surface area (Å²) in [5.74, 6) is 0.386. The predicted molar refractivity (Wildman–Crippen MR) is 37.7 cm³/mol. The highest BCUT2D eigenvalue weighted by molar-refractivity contribution is 6.64. The van der Waals surface area contributed by atoms with Crippen LogP contribution in [-0.4, -0.2) is 6.98 Å². The fourth-order valence-electron chi connectivity index (χ4n) is 0.452. The van der Waals surface area contributed by atoms with E-state index in [0.717, 1.165) is 6.42 Å². The van der Waals surface area contributed by atoms with E-state index in [9.17, 15) is 12.9 Å². The Morgan fingerprint density at radius 1 is 1.40 bits per heavy atom. The third kappa shape index (κ3) is 5.73. The van der Waals surface area contributed by atoms with Crippen molar-refractivity contribution < 1.29 is 12.9 Å². The largest absolute Gasteiger partial charge is 0.502 e. The van der Waals surface area contributed by atoms with Crippen molar-refractivity contribution in [1.82, 2.24) is 0 Å². The van der Waals surface area contributed by atoms with Crippen molar-refractivity contribution in [2.45, 2.75) is 20.3 Å². The lowest BCUT2D eigenvalue weighted by Gasteiger charge is -2.08. The van der Waals surface area contributed by atoms with Crippen LogP contribution >= 0.6 is 0 Å². The minimum absolute atomic E-state index is 0.0310. The van der Waals surface area contributed by atoms with Gasteiger partial charge in [-0.3, -0.25) is 0 Å². The van der Waals surface area contributed by atoms with E-state index in [-0.39, 0.29) is 5.92 Å². The highest BCUT2D eigenvalue weighted by Crippen LogP contribution is 2.12. The van der Waals surface area contributed by atoms with Gasteiger partial charge in [-0.1, -0.05) is 20.3 Å². The second-order valence-electron chi connectivity index (χ2n) is 2.40. The van der Waals surface area contributed by atoms with Crippen LogP contribution in [0.5, 0.6) is 0 Å². The number of hydrogen-bond acceptors (Lipinski definition) is 0. The van der Waals surface area contributed by atoms with Crippen molar-refractivity contribution in [2.24, 2.45) is 5.92 Å². The molecule has 0 aliphatic heterocycles. The maximum absolute atomic E-state index is 11.5. The second kappa shape index (κ2) is 3.69. The van der Waals surface area contributed by atoms with Crippen LogP contribution in [-0.2, 0) is 0 Å². The smallest absolute Gasteiger partial charge is 0.445 e. The summed E-state index contributed by atoms with van der Waals surface area (Å²) in [6.07, 6.45) is 1.96. The van der Waals surface area contributed by atoms with E-state index in [2.05, 4.69) is 0 Å². The second-order valence-corrected chi connectivity index (χ2v) is 2.40. The molecule has 0 aliphatic rings. The van der Waals surface area contributed by atoms with E-state index in [4.69, 9.17) is 0 Å². The van der Waals surface area contributed by atoms with Crippen LogP contribution < -0.4 is 0 Å². The Hall–Kier alpha value is -0.405. The Balaban J connectivity index is 3.75. The molecule has 1 atom stereocenters. The average molecular weight is 151 g/mol. The van der Waals surface area contributed by atoms with Gasteiger partial charge in [0.1, 0.15) is 0 Å². The van der Waals surface area contributed by atoms with Crippen molar-refractivity contribution in [3.8, 4) is 0 Å². The fourth-order valence-corrected chi connectivity index (χ4v) is 0.452. The van der Waals surface area contributed by atoms with Crippen molar-refractivity contribution in [3.63, 3.8) is 0 Å². The van der Waals surface area contributed by atoms with E-state index in [1.807, 2.05) is 6.92 Å². The average Bonchev–Trinajstić information content (AvgIpc) is 1.81. The van der Waals surface area contributed by atoms with Gasteiger partial charge in [0.2, 0.25) is 0 Å². The molecule has 0 amide bonds. The molecule has 60 valence electrons. The lowest BCUT2D eigenvalue weighted by Crippen LogP contribution is -2.10. The summed E-state index contributed by atoms with van der Waals surface area (Å²) < 4.78 is 34.6. The van der Waals surface area contributed by atoms with Gasteiger partial charge in [0.25, 0.3) is 0 Å². The van der Waals surface area contributed by atoms with Gasteiger partial charge in [0.15, 0.2) is 0 Å². The standard InChI is InChI=1S/C6H11BF3/c1-3-6(2)4-5-7(8,9)10/h4-6H,3H2,1-2H3/q-1/b5-4+. The number of allylic oxidation sites excluding steroid dienone is 1. The van der Waals surface area contributed by atoms with Gasteiger partial charge in [-0.15, -0.1) is 12.1 Å². The van der Waals surface area contributed by atoms with E-state index in [1.54, 1.807) is 6.92 Å². The van der Waals surface area contributed by atoms with Crippen molar-refractivity contribution >= 4 is 6.98 Å². The first-order valence-electron chi connectivity index (χ1n) is 3.35. The minimum Gasteiger partial charge on any atom is -0.445 e. The quantitative estimate of drug-likeness (QED) is 0.543. The highest BCUT2D eigenvalue weighted by Gasteiger charge is 2.17. The number of hydrogen-bond donors (Lipinski definition) is 0. The zero-order valence-corrected chi connectivity index (χ0v) is 6.15. The Morgan fingerprint density at radius 3 is 2.20 bits per heavy atom. The lowest BCUT2D eigenvalue weighted by atomic mass is 9.89. The van der Waals surface area contributed by atoms with Crippen molar-refractivity contribution in [1.29, 1.82) is 0 Å². The molecule has 0 saturated carbocycles. The molecule has 0 bridgehead atoms. The minimum atomic E-state index is -4.72. The number of rotatable bonds is 3. The predicted octanol–water partition coefficient (Wildman–Crippen LogP) is 2.98. The van der Waals surface area contributed by atoms with Gasteiger partial charge in [-0.25, -0.2) is 0 Å². The van der Waals surface area contributed by atoms with Crippen LogP contribution in [0.2, 0.25) is 0 Å². The van der Waals surface area contributed by atoms with Gasteiger partial charge >= 0.3 is 6.98 Å². The first-order chi connectivity index (χ1) is 4.45. The van der Waals surface area contributed by atoms with Crippen LogP contribution in [0.25, 0.3) is 0 Å². The molecule has 0 N–H and O–H groups in total. The maximum Gasteiger partial charge on any atom is 0.502 e. The Morgan fingerprint density at radius 2 is 1.90 bits per heavy atom. The molecular formula is C6H11BF3-. The summed E-state index contributed by atoms with van der Waals surface area (Å²) in [5, 5.41) is 0. The molecule has 0 fully saturated rings. The molecule has 0 aromatic carbocycles. The summed E-state index contributed by atoms with van der Waals surface area (Å²) in [4.78, 5) is 0. The molecule has 10 heavy (non-hydrogen) atoms. The third-order valence-corrected chi connectivity index (χ3v) is 1.30. The van der Waals surface area contributed by atoms with Gasteiger partial charge in [0.05, 0.1) is 0 Å². The van der Waals surface area contributed by atoms with Crippen LogP contribution in [0.15, 0.2) is 12.1 Å². The first kappa shape index (κ1) is 9.59. The van der Waals surface area contributed by atoms with Crippen molar-refractivity contribution in [2.75, 3.05) is 0 Å². The summed E-state index contributed by atoms with van der Waals surface area (Å²) in [6.45, 7) is -1.10. The summed E-state index contributed by atoms with van der Waals surface area (Å²) in [6, 6.07) is 0. The van der Waals surface area contributed by atoms with Crippen LogP contribution in [0, 0.1) is 5.92 Å². The van der Waals surface area contributed by atoms with E-state index < -0.39 is 6.98 Å². The van der Waals surface area contributed by atoms with Gasteiger partial charge < -0.3 is 12.9 Å². The van der Waals surface area contributed by atoms with Crippen LogP contribution in [0.3, 0.4) is 0 Å². The van der Waals surface area contributed by atoms with E-state index >= 15 is 0 Å². The summed E-state index contributed by atoms with van der Waals surface area (Å²) in [5.41, 5.74) is 0. The molecule has 0 aliphatic carbocycles. The molecular weight excluding hydrogens is 140 g/mol. The zero-order chi connectivity index (χ0) is 8.20. The first-order valence-corrected chi connectivity index (χ1v) is 3.35. The molecule has 0 saturated heterocycles. The van der Waals surface area contributed by atoms with Crippen molar-refractivity contribution in [3.05, 3.63) is 12.1 Å². The maximum atomic E-state index is 11.5. The fraction of sp³-hybridized carbons (Fsp3) is 0.667. The molecule has 0 aromatic rings. The molecule has 0 spiro atoms. The monoisotopic (exact) mass is 151 g/mol. The van der Waals surface area contributed by atoms with Gasteiger partial charge in [0, 0.05) is 0 Å². The van der Waals surface area contributed by atoms with Gasteiger partial charge in [-0.2, -0.15) is 0 Å². The molecule has 0 nitrogen and oxygen atoms in total. The number of halogens is 3. The Bertz CT molecular complexity index is 117. The van der Waals surface area contributed by atoms with E-state index in [1.165, 1.54) is 6.08 Å². The normalized spacial score (nSPS) is 16.1. The Kier molecular flexibility index (Phi) is 3.54. The molecule has 0 radical (unpaired) electrons. The van der Waals surface area contributed by atoms with Gasteiger partial charge in [-0.05, 0) is 5.92 Å². The molecule has 0 aromatic heterocycles. The highest BCUT2D eigenvalue weighted by atomic mass is 19.4. The van der Waals surface area contributed by atoms with Crippen LogP contribution in [0.4, 0.5) is 12.9 Å². The zero-order valence-electron chi connectivity index (χ0n) is 6.15. The topological polar surface area (TPSA) is 0 Å². The molecule has 0 rings (SSSR count). The Labute approximate surface area is 59.2 Å². The van der Waals surface area contributed by atoms with E-state index in [0.29, 0.717) is 5.98 Å². The SMILES string of the molecule is CCC(C)/C=C/[B-](F)(F)F. The molecule has 1 unspecified atom stereocenters. The molecule has 0 heterocycles. The van der Waals surface area contributed by atoms with Crippen LogP contribution in [0.1, 0.15) is 20.3 Å². The summed E-state index contributed by atoms with van der Waals surface area (Å²) in [7, 11) is 0. The third-order valence-electron chi connectivity index (χ3n) is 1.30.